The van der Waals surface area contributed by atoms with Crippen LogP contribution in [0.1, 0.15) is 22.9 Å². The smallest absolute Gasteiger partial charge is 0.149 e. The second-order valence-corrected chi connectivity index (χ2v) is 3.58. The van der Waals surface area contributed by atoms with E-state index in [0.29, 0.717) is 5.82 Å². The summed E-state index contributed by atoms with van der Waals surface area (Å²) in [5.41, 5.74) is 2.07. The van der Waals surface area contributed by atoms with Crippen molar-refractivity contribution in [2.45, 2.75) is 12.8 Å². The molecular formula is C13H11N3. The molecule has 2 rings (SSSR count). The van der Waals surface area contributed by atoms with Gasteiger partial charge in [0, 0.05) is 12.4 Å². The fourth-order valence-corrected chi connectivity index (χ4v) is 1.59. The molecule has 0 amide bonds. The Morgan fingerprint density at radius 2 is 1.94 bits per heavy atom. The number of aromatic nitrogens is 2. The molecule has 0 saturated carbocycles. The van der Waals surface area contributed by atoms with Crippen LogP contribution in [0.5, 0.6) is 0 Å². The van der Waals surface area contributed by atoms with E-state index in [1.165, 1.54) is 0 Å². The number of nitriles is 1. The van der Waals surface area contributed by atoms with E-state index >= 15 is 0 Å². The van der Waals surface area contributed by atoms with E-state index < -0.39 is 0 Å². The molecule has 0 aliphatic rings. The third-order valence-corrected chi connectivity index (χ3v) is 2.35. The zero-order chi connectivity index (χ0) is 11.4. The van der Waals surface area contributed by atoms with Crippen molar-refractivity contribution in [3.8, 4) is 6.07 Å². The van der Waals surface area contributed by atoms with Crippen LogP contribution in [0.25, 0.3) is 0 Å². The van der Waals surface area contributed by atoms with Gasteiger partial charge >= 0.3 is 0 Å². The van der Waals surface area contributed by atoms with Gasteiger partial charge in [-0.05, 0) is 18.6 Å². The van der Waals surface area contributed by atoms with E-state index in [9.17, 15) is 5.26 Å². The van der Waals surface area contributed by atoms with Crippen molar-refractivity contribution in [3.63, 3.8) is 0 Å². The van der Waals surface area contributed by atoms with Crippen molar-refractivity contribution >= 4 is 0 Å². The Bertz CT molecular complexity index is 514. The quantitative estimate of drug-likeness (QED) is 0.763. The van der Waals surface area contributed by atoms with Gasteiger partial charge in [0.05, 0.1) is 6.07 Å². The maximum Gasteiger partial charge on any atom is 0.149 e. The fourth-order valence-electron chi connectivity index (χ4n) is 1.59. The molecule has 0 spiro atoms. The first-order chi connectivity index (χ1) is 7.81. The highest BCUT2D eigenvalue weighted by Gasteiger charge is 2.15. The summed E-state index contributed by atoms with van der Waals surface area (Å²) >= 11 is 0. The van der Waals surface area contributed by atoms with Gasteiger partial charge in [-0.1, -0.05) is 29.8 Å². The molecule has 0 aliphatic carbocycles. The van der Waals surface area contributed by atoms with Crippen LogP contribution >= 0.6 is 0 Å². The van der Waals surface area contributed by atoms with Crippen molar-refractivity contribution in [3.05, 3.63) is 59.7 Å². The summed E-state index contributed by atoms with van der Waals surface area (Å²) in [5.74, 6) is 0.164. The largest absolute Gasteiger partial charge is 0.240 e. The zero-order valence-electron chi connectivity index (χ0n) is 8.96. The number of benzene rings is 1. The topological polar surface area (TPSA) is 49.6 Å². The first-order valence-electron chi connectivity index (χ1n) is 5.04. The highest BCUT2D eigenvalue weighted by Crippen LogP contribution is 2.21. The average molecular weight is 209 g/mol. The second-order valence-electron chi connectivity index (χ2n) is 3.58. The first kappa shape index (κ1) is 10.3. The molecule has 78 valence electrons. The first-order valence-corrected chi connectivity index (χ1v) is 5.04. The Labute approximate surface area is 94.4 Å². The van der Waals surface area contributed by atoms with Crippen molar-refractivity contribution in [2.24, 2.45) is 0 Å². The van der Waals surface area contributed by atoms with Crippen LogP contribution in [0.4, 0.5) is 0 Å². The number of aryl methyl sites for hydroxylation is 1. The summed E-state index contributed by atoms with van der Waals surface area (Å²) < 4.78 is 0. The summed E-state index contributed by atoms with van der Waals surface area (Å²) in [5, 5.41) is 9.19. The van der Waals surface area contributed by atoms with Gasteiger partial charge in [-0.2, -0.15) is 5.26 Å². The number of hydrogen-bond acceptors (Lipinski definition) is 3. The van der Waals surface area contributed by atoms with E-state index in [4.69, 9.17) is 0 Å². The lowest BCUT2D eigenvalue weighted by Gasteiger charge is -2.08. The molecule has 3 nitrogen and oxygen atoms in total. The highest BCUT2D eigenvalue weighted by molar-refractivity contribution is 5.34. The standard InChI is InChI=1S/C13H11N3/c1-10-4-2-5-11(8-10)12(9-14)13-15-6-3-7-16-13/h2-8,12H,1H3. The van der Waals surface area contributed by atoms with Crippen LogP contribution in [-0.2, 0) is 0 Å². The molecule has 0 radical (unpaired) electrons. The number of rotatable bonds is 2. The lowest BCUT2D eigenvalue weighted by molar-refractivity contribution is 0.889. The summed E-state index contributed by atoms with van der Waals surface area (Å²) in [6.07, 6.45) is 3.31. The lowest BCUT2D eigenvalue weighted by Crippen LogP contribution is -2.03. The predicted octanol–water partition coefficient (Wildman–Crippen LogP) is 2.44. The molecule has 1 unspecified atom stereocenters. The van der Waals surface area contributed by atoms with Gasteiger partial charge in [0.2, 0.25) is 0 Å². The molecule has 0 bridgehead atoms. The van der Waals surface area contributed by atoms with E-state index in [-0.39, 0.29) is 5.92 Å². The SMILES string of the molecule is Cc1cccc(C(C#N)c2ncccn2)c1. The molecule has 3 heteroatoms. The molecule has 1 aromatic heterocycles. The highest BCUT2D eigenvalue weighted by atomic mass is 14.9. The van der Waals surface area contributed by atoms with Crippen LogP contribution < -0.4 is 0 Å². The lowest BCUT2D eigenvalue weighted by atomic mass is 9.98. The second kappa shape index (κ2) is 4.54. The van der Waals surface area contributed by atoms with Crippen molar-refractivity contribution in [1.82, 2.24) is 9.97 Å². The van der Waals surface area contributed by atoms with Gasteiger partial charge in [-0.15, -0.1) is 0 Å². The van der Waals surface area contributed by atoms with Crippen molar-refractivity contribution < 1.29 is 0 Å². The molecule has 0 fully saturated rings. The van der Waals surface area contributed by atoms with Gasteiger partial charge in [-0.25, -0.2) is 9.97 Å². The van der Waals surface area contributed by atoms with Gasteiger partial charge in [0.25, 0.3) is 0 Å². The van der Waals surface area contributed by atoms with Crippen LogP contribution in [0.2, 0.25) is 0 Å². The minimum atomic E-state index is -0.388. The fraction of sp³-hybridized carbons (Fsp3) is 0.154. The van der Waals surface area contributed by atoms with E-state index in [0.717, 1.165) is 11.1 Å². The maximum absolute atomic E-state index is 9.19. The van der Waals surface area contributed by atoms with Gasteiger partial charge < -0.3 is 0 Å². The van der Waals surface area contributed by atoms with Gasteiger partial charge in [-0.3, -0.25) is 0 Å². The Hall–Kier alpha value is -2.21. The third-order valence-electron chi connectivity index (χ3n) is 2.35. The number of hydrogen-bond donors (Lipinski definition) is 0. The molecule has 1 atom stereocenters. The zero-order valence-corrected chi connectivity index (χ0v) is 8.96. The normalized spacial score (nSPS) is 11.8. The average Bonchev–Trinajstić information content (AvgIpc) is 2.31. The molecule has 1 heterocycles. The molecular weight excluding hydrogens is 198 g/mol. The summed E-state index contributed by atoms with van der Waals surface area (Å²) in [4.78, 5) is 8.24. The minimum Gasteiger partial charge on any atom is -0.240 e. The Balaban J connectivity index is 2.42. The molecule has 0 N–H and O–H groups in total. The Morgan fingerprint density at radius 3 is 2.56 bits per heavy atom. The van der Waals surface area contributed by atoms with Crippen LogP contribution in [0.15, 0.2) is 42.7 Å². The van der Waals surface area contributed by atoms with Gasteiger partial charge in [0.15, 0.2) is 0 Å². The van der Waals surface area contributed by atoms with Crippen LogP contribution in [0.3, 0.4) is 0 Å². The molecule has 0 aliphatic heterocycles. The molecule has 2 aromatic rings. The maximum atomic E-state index is 9.19. The third kappa shape index (κ3) is 2.06. The van der Waals surface area contributed by atoms with Crippen LogP contribution in [0, 0.1) is 18.3 Å². The minimum absolute atomic E-state index is 0.388. The molecule has 1 aromatic carbocycles. The Morgan fingerprint density at radius 1 is 1.19 bits per heavy atom. The predicted molar refractivity (Wildman–Crippen MR) is 60.7 cm³/mol. The monoisotopic (exact) mass is 209 g/mol. The van der Waals surface area contributed by atoms with E-state index in [1.807, 2.05) is 31.2 Å². The Kier molecular flexibility index (Phi) is 2.93. The van der Waals surface area contributed by atoms with Crippen LogP contribution in [-0.4, -0.2) is 9.97 Å². The molecule has 16 heavy (non-hydrogen) atoms. The summed E-state index contributed by atoms with van der Waals surface area (Å²) in [6, 6.07) is 11.8. The van der Waals surface area contributed by atoms with E-state index in [1.54, 1.807) is 18.5 Å². The van der Waals surface area contributed by atoms with Crippen molar-refractivity contribution in [2.75, 3.05) is 0 Å². The van der Waals surface area contributed by atoms with E-state index in [2.05, 4.69) is 16.0 Å². The summed E-state index contributed by atoms with van der Waals surface area (Å²) in [7, 11) is 0. The molecule has 0 saturated heterocycles. The summed E-state index contributed by atoms with van der Waals surface area (Å²) in [6.45, 7) is 2.00. The van der Waals surface area contributed by atoms with Crippen molar-refractivity contribution in [1.29, 1.82) is 5.26 Å². The van der Waals surface area contributed by atoms with Gasteiger partial charge in [0.1, 0.15) is 11.7 Å². The number of nitrogens with zero attached hydrogens (tertiary/aromatic N) is 3.